The van der Waals surface area contributed by atoms with Crippen LogP contribution < -0.4 is 4.74 Å². The van der Waals surface area contributed by atoms with Crippen molar-refractivity contribution in [2.45, 2.75) is 45.1 Å². The van der Waals surface area contributed by atoms with Gasteiger partial charge in [-0.2, -0.15) is 5.10 Å². The fraction of sp³-hybridized carbons (Fsp3) is 0.529. The third kappa shape index (κ3) is 2.86. The monoisotopic (exact) mass is 301 g/mol. The van der Waals surface area contributed by atoms with Gasteiger partial charge in [0.15, 0.2) is 11.6 Å². The molecule has 1 aliphatic rings. The number of aromatic nitrogens is 3. The first kappa shape index (κ1) is 15.0. The van der Waals surface area contributed by atoms with E-state index in [1.807, 2.05) is 28.9 Å². The average molecular weight is 301 g/mol. The Morgan fingerprint density at radius 1 is 1.27 bits per heavy atom. The molecule has 2 aromatic rings. The first-order valence-electron chi connectivity index (χ1n) is 7.92. The molecule has 1 aromatic carbocycles. The maximum atomic E-state index is 5.93. The molecule has 5 nitrogen and oxygen atoms in total. The first-order valence-corrected chi connectivity index (χ1v) is 7.92. The zero-order valence-electron chi connectivity index (χ0n) is 13.5. The van der Waals surface area contributed by atoms with Gasteiger partial charge in [-0.15, -0.1) is 0 Å². The molecule has 2 heterocycles. The Hall–Kier alpha value is -1.88. The van der Waals surface area contributed by atoms with E-state index in [-0.39, 0.29) is 12.0 Å². The van der Waals surface area contributed by atoms with Gasteiger partial charge in [-0.25, -0.2) is 9.67 Å². The molecule has 0 N–H and O–H groups in total. The number of rotatable bonds is 4. The van der Waals surface area contributed by atoms with Crippen LogP contribution >= 0.6 is 0 Å². The largest absolute Gasteiger partial charge is 0.494 e. The van der Waals surface area contributed by atoms with Crippen molar-refractivity contribution < 1.29 is 9.47 Å². The maximum absolute atomic E-state index is 5.93. The molecule has 0 aliphatic carbocycles. The number of ether oxygens (including phenoxy) is 2. The van der Waals surface area contributed by atoms with E-state index in [0.29, 0.717) is 0 Å². The molecule has 118 valence electrons. The van der Waals surface area contributed by atoms with Gasteiger partial charge in [-0.1, -0.05) is 26.0 Å². The summed E-state index contributed by atoms with van der Waals surface area (Å²) < 4.78 is 13.3. The van der Waals surface area contributed by atoms with Crippen LogP contribution in [0.15, 0.2) is 24.3 Å². The molecule has 22 heavy (non-hydrogen) atoms. The number of nitrogens with zero attached hydrogens (tertiary/aromatic N) is 3. The van der Waals surface area contributed by atoms with Gasteiger partial charge in [0.2, 0.25) is 0 Å². The molecule has 0 saturated carbocycles. The summed E-state index contributed by atoms with van der Waals surface area (Å²) in [6, 6.07) is 7.89. The van der Waals surface area contributed by atoms with Crippen LogP contribution in [0.25, 0.3) is 5.69 Å². The number of hydrogen-bond acceptors (Lipinski definition) is 4. The lowest BCUT2D eigenvalue weighted by Gasteiger charge is -2.22. The average Bonchev–Trinajstić information content (AvgIpc) is 3.01. The Bertz CT molecular complexity index is 631. The van der Waals surface area contributed by atoms with E-state index in [2.05, 4.69) is 13.8 Å². The number of benzene rings is 1. The van der Waals surface area contributed by atoms with Crippen LogP contribution in [0.1, 0.15) is 56.8 Å². The molecule has 1 aliphatic heterocycles. The van der Waals surface area contributed by atoms with Gasteiger partial charge < -0.3 is 9.47 Å². The summed E-state index contributed by atoms with van der Waals surface area (Å²) in [7, 11) is 1.68. The second kappa shape index (κ2) is 6.48. The molecule has 1 atom stereocenters. The summed E-state index contributed by atoms with van der Waals surface area (Å²) in [5.74, 6) is 2.79. The van der Waals surface area contributed by atoms with Gasteiger partial charge in [0.1, 0.15) is 17.5 Å². The van der Waals surface area contributed by atoms with Crippen LogP contribution in [-0.2, 0) is 4.74 Å². The van der Waals surface area contributed by atoms with Crippen molar-refractivity contribution in [3.05, 3.63) is 35.9 Å². The van der Waals surface area contributed by atoms with Crippen LogP contribution in [0.5, 0.6) is 5.75 Å². The van der Waals surface area contributed by atoms with Gasteiger partial charge in [-0.05, 0) is 31.4 Å². The van der Waals surface area contributed by atoms with Gasteiger partial charge >= 0.3 is 0 Å². The quantitative estimate of drug-likeness (QED) is 0.865. The highest BCUT2D eigenvalue weighted by atomic mass is 16.5. The van der Waals surface area contributed by atoms with Gasteiger partial charge in [0.25, 0.3) is 0 Å². The highest BCUT2D eigenvalue weighted by molar-refractivity contribution is 5.46. The predicted molar refractivity (Wildman–Crippen MR) is 84.5 cm³/mol. The van der Waals surface area contributed by atoms with Crippen molar-refractivity contribution in [3.8, 4) is 11.4 Å². The molecule has 0 amide bonds. The van der Waals surface area contributed by atoms with Gasteiger partial charge in [0, 0.05) is 12.5 Å². The fourth-order valence-electron chi connectivity index (χ4n) is 2.72. The van der Waals surface area contributed by atoms with Crippen LogP contribution in [0.2, 0.25) is 0 Å². The van der Waals surface area contributed by atoms with E-state index in [0.717, 1.165) is 42.5 Å². The summed E-state index contributed by atoms with van der Waals surface area (Å²) in [5, 5.41) is 4.71. The summed E-state index contributed by atoms with van der Waals surface area (Å²) in [4.78, 5) is 4.76. The lowest BCUT2D eigenvalue weighted by Crippen LogP contribution is -2.16. The summed E-state index contributed by atoms with van der Waals surface area (Å²) in [6.45, 7) is 5.00. The minimum Gasteiger partial charge on any atom is -0.494 e. The Labute approximate surface area is 131 Å². The molecule has 0 radical (unpaired) electrons. The Morgan fingerprint density at radius 3 is 2.77 bits per heavy atom. The molecule has 1 saturated heterocycles. The van der Waals surface area contributed by atoms with E-state index in [1.54, 1.807) is 7.11 Å². The molecule has 1 unspecified atom stereocenters. The van der Waals surface area contributed by atoms with E-state index in [1.165, 1.54) is 6.42 Å². The Kier molecular flexibility index (Phi) is 4.43. The molecular weight excluding hydrogens is 278 g/mol. The van der Waals surface area contributed by atoms with Crippen molar-refractivity contribution in [1.29, 1.82) is 0 Å². The molecule has 0 bridgehead atoms. The van der Waals surface area contributed by atoms with Crippen molar-refractivity contribution in [2.75, 3.05) is 13.7 Å². The van der Waals surface area contributed by atoms with Crippen molar-refractivity contribution >= 4 is 0 Å². The fourth-order valence-corrected chi connectivity index (χ4v) is 2.72. The summed E-state index contributed by atoms with van der Waals surface area (Å²) in [5.41, 5.74) is 0.911. The summed E-state index contributed by atoms with van der Waals surface area (Å²) in [6.07, 6.45) is 3.29. The van der Waals surface area contributed by atoms with Crippen molar-refractivity contribution in [2.24, 2.45) is 0 Å². The van der Waals surface area contributed by atoms with Crippen molar-refractivity contribution in [1.82, 2.24) is 14.8 Å². The van der Waals surface area contributed by atoms with Gasteiger partial charge in [0.05, 0.1) is 7.11 Å². The highest BCUT2D eigenvalue weighted by Crippen LogP contribution is 2.31. The van der Waals surface area contributed by atoms with Crippen molar-refractivity contribution in [3.63, 3.8) is 0 Å². The van der Waals surface area contributed by atoms with Crippen LogP contribution in [0, 0.1) is 0 Å². The van der Waals surface area contributed by atoms with Crippen LogP contribution in [0.3, 0.4) is 0 Å². The molecule has 0 spiro atoms. The number of para-hydroxylation sites is 2. The molecule has 3 rings (SSSR count). The minimum absolute atomic E-state index is 0.0127. The normalized spacial score (nSPS) is 18.6. The predicted octanol–water partition coefficient (Wildman–Crippen LogP) is 3.64. The minimum atomic E-state index is 0.0127. The number of hydrogen-bond donors (Lipinski definition) is 0. The standard InChI is InChI=1S/C17H23N3O2/c1-12(2)16-18-17(15-10-6-7-11-22-15)20(19-16)13-8-4-5-9-14(13)21-3/h4-5,8-9,12,15H,6-7,10-11H2,1-3H3. The van der Waals surface area contributed by atoms with E-state index < -0.39 is 0 Å². The third-order valence-electron chi connectivity index (χ3n) is 3.95. The molecule has 1 aromatic heterocycles. The lowest BCUT2D eigenvalue weighted by molar-refractivity contribution is 0.00813. The topological polar surface area (TPSA) is 49.2 Å². The van der Waals surface area contributed by atoms with Gasteiger partial charge in [-0.3, -0.25) is 0 Å². The molecule has 1 fully saturated rings. The van der Waals surface area contributed by atoms with E-state index >= 15 is 0 Å². The Balaban J connectivity index is 2.08. The third-order valence-corrected chi connectivity index (χ3v) is 3.95. The first-order chi connectivity index (χ1) is 10.7. The highest BCUT2D eigenvalue weighted by Gasteiger charge is 2.25. The zero-order chi connectivity index (χ0) is 15.5. The zero-order valence-corrected chi connectivity index (χ0v) is 13.5. The molecular formula is C17H23N3O2. The Morgan fingerprint density at radius 2 is 2.09 bits per heavy atom. The van der Waals surface area contributed by atoms with Crippen LogP contribution in [0.4, 0.5) is 0 Å². The maximum Gasteiger partial charge on any atom is 0.161 e. The lowest BCUT2D eigenvalue weighted by atomic mass is 10.1. The smallest absolute Gasteiger partial charge is 0.161 e. The number of methoxy groups -OCH3 is 1. The van der Waals surface area contributed by atoms with Crippen LogP contribution in [-0.4, -0.2) is 28.5 Å². The van der Waals surface area contributed by atoms with E-state index in [9.17, 15) is 0 Å². The second-order valence-electron chi connectivity index (χ2n) is 5.92. The summed E-state index contributed by atoms with van der Waals surface area (Å²) >= 11 is 0. The second-order valence-corrected chi connectivity index (χ2v) is 5.92. The van der Waals surface area contributed by atoms with E-state index in [4.69, 9.17) is 19.6 Å². The molecule has 5 heteroatoms. The SMILES string of the molecule is COc1ccccc1-n1nc(C(C)C)nc1C1CCCCO1.